The summed E-state index contributed by atoms with van der Waals surface area (Å²) < 4.78 is 0. The van der Waals surface area contributed by atoms with Crippen LogP contribution in [0.3, 0.4) is 0 Å². The molecule has 2 amide bonds. The minimum Gasteiger partial charge on any atom is -0.354 e. The monoisotopic (exact) mass is 282 g/mol. The Balaban J connectivity index is 2.57. The zero-order valence-corrected chi connectivity index (χ0v) is 12.5. The third kappa shape index (κ3) is 5.03. The van der Waals surface area contributed by atoms with Gasteiger partial charge in [0.15, 0.2) is 0 Å². The van der Waals surface area contributed by atoms with E-state index in [1.54, 1.807) is 6.07 Å². The summed E-state index contributed by atoms with van der Waals surface area (Å²) in [6.45, 7) is 6.59. The van der Waals surface area contributed by atoms with Crippen molar-refractivity contribution in [1.29, 1.82) is 0 Å². The van der Waals surface area contributed by atoms with E-state index in [1.807, 2.05) is 25.3 Å². The predicted molar refractivity (Wildman–Crippen MR) is 78.3 cm³/mol. The molecular weight excluding hydrogens is 260 g/mol. The first-order valence-corrected chi connectivity index (χ1v) is 7.56. The molecule has 0 radical (unpaired) electrons. The fourth-order valence-electron chi connectivity index (χ4n) is 1.65. The summed E-state index contributed by atoms with van der Waals surface area (Å²) in [6, 6.07) is 3.10. The van der Waals surface area contributed by atoms with E-state index < -0.39 is 6.04 Å². The molecule has 5 heteroatoms. The number of thiophene rings is 1. The highest BCUT2D eigenvalue weighted by Gasteiger charge is 2.24. The lowest BCUT2D eigenvalue weighted by molar-refractivity contribution is -0.123. The van der Waals surface area contributed by atoms with E-state index in [1.165, 1.54) is 11.3 Å². The molecule has 2 N–H and O–H groups in total. The van der Waals surface area contributed by atoms with Gasteiger partial charge in [0.2, 0.25) is 5.91 Å². The van der Waals surface area contributed by atoms with Gasteiger partial charge in [0.05, 0.1) is 4.88 Å². The average molecular weight is 282 g/mol. The highest BCUT2D eigenvalue weighted by atomic mass is 32.1. The maximum Gasteiger partial charge on any atom is 0.262 e. The molecule has 0 aliphatic carbocycles. The van der Waals surface area contributed by atoms with Crippen molar-refractivity contribution < 1.29 is 9.59 Å². The van der Waals surface area contributed by atoms with Gasteiger partial charge in [0, 0.05) is 6.54 Å². The van der Waals surface area contributed by atoms with Gasteiger partial charge in [-0.3, -0.25) is 9.59 Å². The van der Waals surface area contributed by atoms with E-state index in [9.17, 15) is 9.59 Å². The predicted octanol–water partition coefficient (Wildman–Crippen LogP) is 2.42. The van der Waals surface area contributed by atoms with Crippen LogP contribution in [0.15, 0.2) is 17.5 Å². The molecule has 0 fully saturated rings. The molecular formula is C14H22N2O2S. The summed E-state index contributed by atoms with van der Waals surface area (Å²) in [5, 5.41) is 7.52. The number of rotatable bonds is 7. The molecule has 0 aliphatic rings. The topological polar surface area (TPSA) is 58.2 Å². The molecule has 1 unspecified atom stereocenters. The van der Waals surface area contributed by atoms with E-state index in [2.05, 4.69) is 17.6 Å². The molecule has 1 aromatic heterocycles. The Morgan fingerprint density at radius 2 is 2.11 bits per heavy atom. The van der Waals surface area contributed by atoms with Crippen molar-refractivity contribution in [3.05, 3.63) is 22.4 Å². The fraction of sp³-hybridized carbons (Fsp3) is 0.571. The van der Waals surface area contributed by atoms with Crippen molar-refractivity contribution in [3.8, 4) is 0 Å². The Kier molecular flexibility index (Phi) is 6.56. The van der Waals surface area contributed by atoms with Crippen LogP contribution >= 0.6 is 11.3 Å². The largest absolute Gasteiger partial charge is 0.354 e. The molecule has 0 bridgehead atoms. The van der Waals surface area contributed by atoms with Gasteiger partial charge in [-0.2, -0.15) is 0 Å². The third-order valence-corrected chi connectivity index (χ3v) is 3.68. The van der Waals surface area contributed by atoms with Gasteiger partial charge in [-0.25, -0.2) is 0 Å². The van der Waals surface area contributed by atoms with Crippen molar-refractivity contribution in [2.45, 2.75) is 39.7 Å². The smallest absolute Gasteiger partial charge is 0.262 e. The van der Waals surface area contributed by atoms with Crippen LogP contribution < -0.4 is 10.6 Å². The Bertz CT molecular complexity index is 402. The average Bonchev–Trinajstić information content (AvgIpc) is 2.89. The Labute approximate surface area is 118 Å². The quantitative estimate of drug-likeness (QED) is 0.755. The van der Waals surface area contributed by atoms with Gasteiger partial charge in [0.1, 0.15) is 6.04 Å². The summed E-state index contributed by atoms with van der Waals surface area (Å²) in [4.78, 5) is 24.6. The number of carbonyl (C=O) groups is 2. The number of hydrogen-bond acceptors (Lipinski definition) is 3. The van der Waals surface area contributed by atoms with Gasteiger partial charge < -0.3 is 10.6 Å². The Morgan fingerprint density at radius 1 is 1.37 bits per heavy atom. The lowest BCUT2D eigenvalue weighted by Gasteiger charge is -2.21. The van der Waals surface area contributed by atoms with Gasteiger partial charge in [-0.05, 0) is 23.8 Å². The van der Waals surface area contributed by atoms with Crippen molar-refractivity contribution in [2.75, 3.05) is 6.54 Å². The highest BCUT2D eigenvalue weighted by Crippen LogP contribution is 2.10. The van der Waals surface area contributed by atoms with Crippen LogP contribution in [0, 0.1) is 5.92 Å². The third-order valence-electron chi connectivity index (χ3n) is 2.81. The first-order valence-electron chi connectivity index (χ1n) is 6.68. The van der Waals surface area contributed by atoms with E-state index in [-0.39, 0.29) is 17.7 Å². The molecule has 0 saturated carbocycles. The molecule has 1 atom stereocenters. The van der Waals surface area contributed by atoms with E-state index in [0.29, 0.717) is 11.4 Å². The molecule has 1 heterocycles. The molecule has 0 saturated heterocycles. The summed E-state index contributed by atoms with van der Waals surface area (Å²) in [5.41, 5.74) is 0. The number of nitrogens with one attached hydrogen (secondary N) is 2. The molecule has 0 aliphatic heterocycles. The molecule has 0 aromatic carbocycles. The molecule has 1 aromatic rings. The Morgan fingerprint density at radius 3 is 2.63 bits per heavy atom. The minimum atomic E-state index is -0.480. The zero-order valence-electron chi connectivity index (χ0n) is 11.7. The van der Waals surface area contributed by atoms with Crippen LogP contribution in [0.2, 0.25) is 0 Å². The second kappa shape index (κ2) is 7.94. The lowest BCUT2D eigenvalue weighted by atomic mass is 10.0. The van der Waals surface area contributed by atoms with Crippen LogP contribution in [0.4, 0.5) is 0 Å². The summed E-state index contributed by atoms with van der Waals surface area (Å²) in [7, 11) is 0. The minimum absolute atomic E-state index is 0.0607. The van der Waals surface area contributed by atoms with Crippen LogP contribution in [0.25, 0.3) is 0 Å². The number of carbonyl (C=O) groups excluding carboxylic acids is 2. The van der Waals surface area contributed by atoms with Gasteiger partial charge in [-0.1, -0.05) is 33.3 Å². The lowest BCUT2D eigenvalue weighted by Crippen LogP contribution is -2.49. The summed E-state index contributed by atoms with van der Waals surface area (Å²) in [5.74, 6) is -0.224. The van der Waals surface area contributed by atoms with Crippen LogP contribution in [0.1, 0.15) is 43.3 Å². The second-order valence-corrected chi connectivity index (χ2v) is 5.76. The number of hydrogen-bond donors (Lipinski definition) is 2. The molecule has 0 spiro atoms. The van der Waals surface area contributed by atoms with E-state index >= 15 is 0 Å². The summed E-state index contributed by atoms with van der Waals surface area (Å²) in [6.07, 6.45) is 1.99. The zero-order chi connectivity index (χ0) is 14.3. The van der Waals surface area contributed by atoms with Crippen LogP contribution in [0.5, 0.6) is 0 Å². The first-order chi connectivity index (χ1) is 9.06. The van der Waals surface area contributed by atoms with Gasteiger partial charge >= 0.3 is 0 Å². The summed E-state index contributed by atoms with van der Waals surface area (Å²) >= 11 is 1.37. The highest BCUT2D eigenvalue weighted by molar-refractivity contribution is 7.12. The molecule has 1 rings (SSSR count). The number of amides is 2. The van der Waals surface area contributed by atoms with Crippen LogP contribution in [-0.2, 0) is 4.79 Å². The standard InChI is InChI=1S/C14H22N2O2S/c1-4-5-8-15-14(18)12(10(2)3)16-13(17)11-7-6-9-19-11/h6-7,9-10,12H,4-5,8H2,1-3H3,(H,15,18)(H,16,17). The van der Waals surface area contributed by atoms with Gasteiger partial charge in [-0.15, -0.1) is 11.3 Å². The fourth-order valence-corrected chi connectivity index (χ4v) is 2.28. The van der Waals surface area contributed by atoms with Crippen molar-refractivity contribution in [3.63, 3.8) is 0 Å². The van der Waals surface area contributed by atoms with Gasteiger partial charge in [0.25, 0.3) is 5.91 Å². The molecule has 19 heavy (non-hydrogen) atoms. The SMILES string of the molecule is CCCCNC(=O)C(NC(=O)c1cccs1)C(C)C. The Hall–Kier alpha value is -1.36. The van der Waals surface area contributed by atoms with Crippen molar-refractivity contribution in [1.82, 2.24) is 10.6 Å². The van der Waals surface area contributed by atoms with E-state index in [4.69, 9.17) is 0 Å². The molecule has 4 nitrogen and oxygen atoms in total. The van der Waals surface area contributed by atoms with E-state index in [0.717, 1.165) is 12.8 Å². The molecule has 106 valence electrons. The normalized spacial score (nSPS) is 12.2. The maximum absolute atomic E-state index is 12.0. The second-order valence-electron chi connectivity index (χ2n) is 4.82. The van der Waals surface area contributed by atoms with Crippen molar-refractivity contribution in [2.24, 2.45) is 5.92 Å². The number of unbranched alkanes of at least 4 members (excludes halogenated alkanes) is 1. The first kappa shape index (κ1) is 15.7. The van der Waals surface area contributed by atoms with Crippen molar-refractivity contribution >= 4 is 23.2 Å². The maximum atomic E-state index is 12.0. The van der Waals surface area contributed by atoms with Crippen LogP contribution in [-0.4, -0.2) is 24.4 Å².